The summed E-state index contributed by atoms with van der Waals surface area (Å²) >= 11 is 0. The highest BCUT2D eigenvalue weighted by molar-refractivity contribution is 5.83. The molecule has 0 aliphatic carbocycles. The quantitative estimate of drug-likeness (QED) is 0.551. The topological polar surface area (TPSA) is 87.7 Å². The summed E-state index contributed by atoms with van der Waals surface area (Å²) in [6.07, 6.45) is -0.0465. The average molecular weight is 257 g/mol. The van der Waals surface area contributed by atoms with Gasteiger partial charge in [-0.05, 0) is 27.7 Å². The number of likely N-dealkylation sites (tertiary alicyclic amines) is 1. The van der Waals surface area contributed by atoms with Gasteiger partial charge in [0.25, 0.3) is 0 Å². The first-order chi connectivity index (χ1) is 8.26. The largest absolute Gasteiger partial charge is 0.444 e. The van der Waals surface area contributed by atoms with E-state index in [1.54, 1.807) is 27.7 Å². The van der Waals surface area contributed by atoms with Crippen LogP contribution in [0.15, 0.2) is 0 Å². The van der Waals surface area contributed by atoms with Crippen LogP contribution in [0.5, 0.6) is 0 Å². The minimum atomic E-state index is -0.552. The van der Waals surface area contributed by atoms with E-state index >= 15 is 0 Å². The molecule has 0 aromatic rings. The summed E-state index contributed by atoms with van der Waals surface area (Å²) in [5.74, 6) is -0.639. The predicted octanol–water partition coefficient (Wildman–Crippen LogP) is 0.0190. The van der Waals surface area contributed by atoms with Gasteiger partial charge in [-0.25, -0.2) is 4.79 Å². The molecule has 3 amide bonds. The summed E-state index contributed by atoms with van der Waals surface area (Å²) in [5, 5.41) is 0. The smallest absolute Gasteiger partial charge is 0.410 e. The van der Waals surface area contributed by atoms with E-state index in [-0.39, 0.29) is 17.9 Å². The number of carbonyl (C=O) groups is 3. The van der Waals surface area contributed by atoms with E-state index in [0.717, 1.165) is 0 Å². The number of hydrogen-bond donors (Lipinski definition) is 2. The Hall–Kier alpha value is -1.79. The second-order valence-corrected chi connectivity index (χ2v) is 5.23. The Balaban J connectivity index is 2.45. The van der Waals surface area contributed by atoms with E-state index in [4.69, 9.17) is 4.74 Å². The van der Waals surface area contributed by atoms with Crippen molar-refractivity contribution < 1.29 is 19.1 Å². The fourth-order valence-corrected chi connectivity index (χ4v) is 1.67. The monoisotopic (exact) mass is 257 g/mol. The molecule has 1 rings (SSSR count). The standard InChI is InChI=1S/C11H19N3O4/c1-7-8(9(16)13-12-6-15)5-14(7)10(17)18-11(2,3)4/h6-8H,5H2,1-4H3,(H,12,15)(H,13,16)/t7-,8+/m0/s1. The molecule has 0 radical (unpaired) electrons. The highest BCUT2D eigenvalue weighted by atomic mass is 16.6. The maximum absolute atomic E-state index is 11.7. The van der Waals surface area contributed by atoms with Crippen LogP contribution in [-0.4, -0.2) is 41.5 Å². The molecule has 0 saturated carbocycles. The average Bonchev–Trinajstić information content (AvgIpc) is 2.21. The maximum Gasteiger partial charge on any atom is 0.410 e. The first-order valence-corrected chi connectivity index (χ1v) is 5.75. The highest BCUT2D eigenvalue weighted by Crippen LogP contribution is 2.26. The molecule has 1 aliphatic rings. The molecule has 1 heterocycles. The SMILES string of the molecule is C[C@H]1[C@H](C(=O)NNC=O)CN1C(=O)OC(C)(C)C. The van der Waals surface area contributed by atoms with E-state index in [9.17, 15) is 14.4 Å². The lowest BCUT2D eigenvalue weighted by atomic mass is 9.90. The lowest BCUT2D eigenvalue weighted by Crippen LogP contribution is -2.63. The van der Waals surface area contributed by atoms with Crippen molar-refractivity contribution in [1.82, 2.24) is 15.8 Å². The first kappa shape index (κ1) is 14.3. The highest BCUT2D eigenvalue weighted by Gasteiger charge is 2.44. The maximum atomic E-state index is 11.7. The van der Waals surface area contributed by atoms with Gasteiger partial charge in [0.15, 0.2) is 0 Å². The molecule has 0 unspecified atom stereocenters. The Morgan fingerprint density at radius 2 is 2.00 bits per heavy atom. The molecule has 0 bridgehead atoms. The van der Waals surface area contributed by atoms with Crippen molar-refractivity contribution >= 4 is 18.4 Å². The molecule has 2 N–H and O–H groups in total. The lowest BCUT2D eigenvalue weighted by Gasteiger charge is -2.45. The summed E-state index contributed by atoms with van der Waals surface area (Å²) in [7, 11) is 0. The number of ether oxygens (including phenoxy) is 1. The molecule has 102 valence electrons. The van der Waals surface area contributed by atoms with Crippen LogP contribution in [0.25, 0.3) is 0 Å². The van der Waals surface area contributed by atoms with Crippen molar-refractivity contribution in [3.8, 4) is 0 Å². The lowest BCUT2D eigenvalue weighted by molar-refractivity contribution is -0.135. The van der Waals surface area contributed by atoms with Crippen LogP contribution in [-0.2, 0) is 14.3 Å². The summed E-state index contributed by atoms with van der Waals surface area (Å²) < 4.78 is 5.20. The number of nitrogens with zero attached hydrogens (tertiary/aromatic N) is 1. The van der Waals surface area contributed by atoms with Gasteiger partial charge >= 0.3 is 6.09 Å². The molecule has 7 heteroatoms. The zero-order chi connectivity index (χ0) is 13.9. The third-order valence-corrected chi connectivity index (χ3v) is 2.69. The Kier molecular flexibility index (Phi) is 4.15. The molecule has 1 fully saturated rings. The normalized spacial score (nSPS) is 22.8. The van der Waals surface area contributed by atoms with Crippen molar-refractivity contribution in [3.05, 3.63) is 0 Å². The van der Waals surface area contributed by atoms with Gasteiger partial charge in [0, 0.05) is 12.6 Å². The molecule has 2 atom stereocenters. The molecule has 0 aromatic heterocycles. The zero-order valence-electron chi connectivity index (χ0n) is 11.0. The van der Waals surface area contributed by atoms with E-state index in [0.29, 0.717) is 13.0 Å². The van der Waals surface area contributed by atoms with Crippen molar-refractivity contribution in [3.63, 3.8) is 0 Å². The van der Waals surface area contributed by atoms with Crippen LogP contribution < -0.4 is 10.9 Å². The number of carbonyl (C=O) groups excluding carboxylic acids is 3. The first-order valence-electron chi connectivity index (χ1n) is 5.75. The van der Waals surface area contributed by atoms with Gasteiger partial charge in [-0.3, -0.25) is 20.4 Å². The molecule has 1 saturated heterocycles. The van der Waals surface area contributed by atoms with Crippen LogP contribution in [0.3, 0.4) is 0 Å². The van der Waals surface area contributed by atoms with Crippen molar-refractivity contribution in [2.24, 2.45) is 5.92 Å². The van der Waals surface area contributed by atoms with Crippen LogP contribution in [0.2, 0.25) is 0 Å². The number of rotatable bonds is 3. The third kappa shape index (κ3) is 3.35. The van der Waals surface area contributed by atoms with E-state index in [2.05, 4.69) is 10.9 Å². The zero-order valence-corrected chi connectivity index (χ0v) is 11.0. The number of amides is 3. The third-order valence-electron chi connectivity index (χ3n) is 2.69. The van der Waals surface area contributed by atoms with Gasteiger partial charge in [-0.1, -0.05) is 0 Å². The van der Waals surface area contributed by atoms with Gasteiger partial charge < -0.3 is 9.64 Å². The second kappa shape index (κ2) is 5.24. The molecule has 18 heavy (non-hydrogen) atoms. The minimum Gasteiger partial charge on any atom is -0.444 e. The van der Waals surface area contributed by atoms with Crippen molar-refractivity contribution in [1.29, 1.82) is 0 Å². The van der Waals surface area contributed by atoms with E-state index < -0.39 is 11.7 Å². The van der Waals surface area contributed by atoms with Crippen LogP contribution >= 0.6 is 0 Å². The van der Waals surface area contributed by atoms with Crippen molar-refractivity contribution in [2.75, 3.05) is 6.54 Å². The molecule has 1 aliphatic heterocycles. The van der Waals surface area contributed by atoms with Gasteiger partial charge in [-0.15, -0.1) is 0 Å². The molecule has 0 aromatic carbocycles. The molecule has 7 nitrogen and oxygen atoms in total. The van der Waals surface area contributed by atoms with Gasteiger partial charge in [0.2, 0.25) is 12.3 Å². The molecule has 0 spiro atoms. The Labute approximate surface area is 106 Å². The van der Waals surface area contributed by atoms with E-state index in [1.165, 1.54) is 4.90 Å². The predicted molar refractivity (Wildman–Crippen MR) is 63.2 cm³/mol. The van der Waals surface area contributed by atoms with E-state index in [1.807, 2.05) is 0 Å². The number of nitrogens with one attached hydrogen (secondary N) is 2. The fraction of sp³-hybridized carbons (Fsp3) is 0.727. The molecular weight excluding hydrogens is 238 g/mol. The summed E-state index contributed by atoms with van der Waals surface area (Å²) in [6.45, 7) is 7.41. The van der Waals surface area contributed by atoms with Gasteiger partial charge in [0.1, 0.15) is 5.60 Å². The van der Waals surface area contributed by atoms with Gasteiger partial charge in [0.05, 0.1) is 5.92 Å². The van der Waals surface area contributed by atoms with Crippen LogP contribution in [0.4, 0.5) is 4.79 Å². The second-order valence-electron chi connectivity index (χ2n) is 5.23. The number of hydrogen-bond acceptors (Lipinski definition) is 4. The van der Waals surface area contributed by atoms with Crippen LogP contribution in [0.1, 0.15) is 27.7 Å². The Bertz CT molecular complexity index is 351. The molecular formula is C11H19N3O4. The van der Waals surface area contributed by atoms with Gasteiger partial charge in [-0.2, -0.15) is 0 Å². The summed E-state index contributed by atoms with van der Waals surface area (Å²) in [5.41, 5.74) is 3.77. The number of hydrazine groups is 1. The fourth-order valence-electron chi connectivity index (χ4n) is 1.67. The summed E-state index contributed by atoms with van der Waals surface area (Å²) in [4.78, 5) is 34.8. The minimum absolute atomic E-state index is 0.242. The van der Waals surface area contributed by atoms with Crippen LogP contribution in [0, 0.1) is 5.92 Å². The Morgan fingerprint density at radius 3 is 2.44 bits per heavy atom. The summed E-state index contributed by atoms with van der Waals surface area (Å²) in [6, 6.07) is -0.242. The Morgan fingerprint density at radius 1 is 1.39 bits per heavy atom. The van der Waals surface area contributed by atoms with Crippen molar-refractivity contribution in [2.45, 2.75) is 39.3 Å².